The molecule has 3 aromatic carbocycles. The summed E-state index contributed by atoms with van der Waals surface area (Å²) in [5, 5.41) is 13.8. The van der Waals surface area contributed by atoms with Crippen LogP contribution in [0.15, 0.2) is 79.1 Å². The first-order valence-electron chi connectivity index (χ1n) is 11.5. The van der Waals surface area contributed by atoms with Crippen LogP contribution in [0.25, 0.3) is 11.8 Å². The third-order valence-electron chi connectivity index (χ3n) is 5.75. The second kappa shape index (κ2) is 12.1. The summed E-state index contributed by atoms with van der Waals surface area (Å²) in [6.45, 7) is 0. The van der Waals surface area contributed by atoms with Gasteiger partial charge in [0.2, 0.25) is 5.91 Å². The molecule has 198 valence electrons. The summed E-state index contributed by atoms with van der Waals surface area (Å²) in [7, 11) is 2.83. The lowest BCUT2D eigenvalue weighted by atomic mass is 10.0. The number of likely N-dealkylation sites (N-methyl/N-ethyl adjacent to an activating group) is 1. The molecule has 1 N–H and O–H groups in total. The van der Waals surface area contributed by atoms with E-state index in [2.05, 4.69) is 20.7 Å². The molecule has 39 heavy (non-hydrogen) atoms. The maximum absolute atomic E-state index is 14.9. The molecule has 0 saturated carbocycles. The van der Waals surface area contributed by atoms with Crippen LogP contribution in [0.4, 0.5) is 10.1 Å². The number of hydrogen-bond donors (Lipinski definition) is 1. The lowest BCUT2D eigenvalue weighted by molar-refractivity contribution is -0.125. The van der Waals surface area contributed by atoms with E-state index >= 15 is 0 Å². The van der Waals surface area contributed by atoms with Crippen LogP contribution < -0.4 is 10.2 Å². The number of benzene rings is 3. The van der Waals surface area contributed by atoms with Crippen LogP contribution in [0.3, 0.4) is 0 Å². The average Bonchev–Trinajstić information content (AvgIpc) is 3.51. The number of nitrogens with one attached hydrogen (secondary N) is 1. The molecule has 0 spiro atoms. The second-order valence-corrected chi connectivity index (χ2v) is 8.55. The number of anilines is 1. The van der Waals surface area contributed by atoms with Crippen molar-refractivity contribution < 1.29 is 23.5 Å². The standard InChI is InChI=1S/C27H22ClFN6O4/c1-34(19-10-8-18(9-11-19)27(38)39-2)26(37)25(17-6-4-3-5-7-17)32-23(36)15-12-20-22(35-31-16-30-33-35)14-13-21(28)24(20)29/h3-16,25H,1-2H3,(H,32,36)/b15-12+/t25-/m0/s1. The van der Waals surface area contributed by atoms with Crippen molar-refractivity contribution in [3.63, 3.8) is 0 Å². The number of esters is 1. The molecule has 0 aliphatic heterocycles. The van der Waals surface area contributed by atoms with Crippen LogP contribution in [-0.2, 0) is 14.3 Å². The molecule has 1 aromatic heterocycles. The number of amides is 2. The largest absolute Gasteiger partial charge is 0.465 e. The van der Waals surface area contributed by atoms with E-state index in [1.54, 1.807) is 49.5 Å². The van der Waals surface area contributed by atoms with Gasteiger partial charge in [0.25, 0.3) is 5.91 Å². The molecule has 1 atom stereocenters. The minimum atomic E-state index is -1.07. The molecular formula is C27H22ClFN6O4. The summed E-state index contributed by atoms with van der Waals surface area (Å²) < 4.78 is 19.6. The molecule has 0 saturated heterocycles. The molecular weight excluding hydrogens is 527 g/mol. The van der Waals surface area contributed by atoms with Gasteiger partial charge >= 0.3 is 5.97 Å². The number of aromatic nitrogens is 4. The predicted octanol–water partition coefficient (Wildman–Crippen LogP) is 3.78. The SMILES string of the molecule is COC(=O)c1ccc(N(C)C(=O)[C@@H](NC(=O)/C=C/c2c(-n3ncnn3)ccc(Cl)c2F)c2ccccc2)cc1. The van der Waals surface area contributed by atoms with Crippen LogP contribution in [0.2, 0.25) is 5.02 Å². The number of hydrogen-bond acceptors (Lipinski definition) is 7. The topological polar surface area (TPSA) is 119 Å². The fourth-order valence-electron chi connectivity index (χ4n) is 3.71. The molecule has 0 aliphatic carbocycles. The third-order valence-corrected chi connectivity index (χ3v) is 6.04. The number of tetrazole rings is 1. The first-order chi connectivity index (χ1) is 18.8. The Morgan fingerprint density at radius 3 is 2.44 bits per heavy atom. The van der Waals surface area contributed by atoms with Gasteiger partial charge in [0.05, 0.1) is 23.4 Å². The Bertz CT molecular complexity index is 1510. The van der Waals surface area contributed by atoms with Crippen LogP contribution in [-0.4, -0.2) is 52.1 Å². The zero-order chi connectivity index (χ0) is 27.9. The van der Waals surface area contributed by atoms with Gasteiger partial charge in [-0.05, 0) is 53.3 Å². The Morgan fingerprint density at radius 2 is 1.79 bits per heavy atom. The monoisotopic (exact) mass is 548 g/mol. The van der Waals surface area contributed by atoms with Gasteiger partial charge in [0, 0.05) is 24.4 Å². The van der Waals surface area contributed by atoms with Gasteiger partial charge in [-0.2, -0.15) is 0 Å². The summed E-state index contributed by atoms with van der Waals surface area (Å²) in [4.78, 5) is 40.7. The Morgan fingerprint density at radius 1 is 1.08 bits per heavy atom. The number of nitrogens with zero attached hydrogens (tertiary/aromatic N) is 5. The van der Waals surface area contributed by atoms with Gasteiger partial charge in [0.1, 0.15) is 6.04 Å². The van der Waals surface area contributed by atoms with E-state index in [1.165, 1.54) is 48.7 Å². The highest BCUT2D eigenvalue weighted by atomic mass is 35.5. The Kier molecular flexibility index (Phi) is 8.42. The van der Waals surface area contributed by atoms with Crippen molar-refractivity contribution in [2.45, 2.75) is 6.04 Å². The van der Waals surface area contributed by atoms with Crippen LogP contribution >= 0.6 is 11.6 Å². The molecule has 12 heteroatoms. The van der Waals surface area contributed by atoms with Gasteiger partial charge in [-0.3, -0.25) is 9.59 Å². The summed E-state index contributed by atoms with van der Waals surface area (Å²) in [6.07, 6.45) is 3.49. The summed E-state index contributed by atoms with van der Waals surface area (Å²) in [5.74, 6) is -2.39. The molecule has 0 radical (unpaired) electrons. The zero-order valence-corrected chi connectivity index (χ0v) is 21.5. The van der Waals surface area contributed by atoms with E-state index in [1.807, 2.05) is 0 Å². The molecule has 4 aromatic rings. The van der Waals surface area contributed by atoms with Crippen molar-refractivity contribution >= 4 is 41.1 Å². The van der Waals surface area contributed by atoms with Crippen LogP contribution in [0.1, 0.15) is 27.5 Å². The lowest BCUT2D eigenvalue weighted by Crippen LogP contribution is -2.41. The zero-order valence-electron chi connectivity index (χ0n) is 20.8. The third kappa shape index (κ3) is 6.16. The van der Waals surface area contributed by atoms with E-state index < -0.39 is 29.6 Å². The highest BCUT2D eigenvalue weighted by Crippen LogP contribution is 2.25. The highest BCUT2D eigenvalue weighted by Gasteiger charge is 2.26. The van der Waals surface area contributed by atoms with Crippen LogP contribution in [0.5, 0.6) is 0 Å². The van der Waals surface area contributed by atoms with E-state index in [9.17, 15) is 18.8 Å². The molecule has 0 bridgehead atoms. The van der Waals surface area contributed by atoms with Gasteiger partial charge in [0.15, 0.2) is 12.1 Å². The van der Waals surface area contributed by atoms with Crippen molar-refractivity contribution in [1.82, 2.24) is 25.5 Å². The van der Waals surface area contributed by atoms with E-state index in [4.69, 9.17) is 16.3 Å². The Hall–Kier alpha value is -4.90. The Labute approximate surface area is 227 Å². The van der Waals surface area contributed by atoms with E-state index in [0.29, 0.717) is 16.8 Å². The molecule has 10 nitrogen and oxygen atoms in total. The summed E-state index contributed by atoms with van der Waals surface area (Å²) in [5.41, 5.74) is 1.52. The van der Waals surface area contributed by atoms with E-state index in [-0.39, 0.29) is 16.3 Å². The second-order valence-electron chi connectivity index (χ2n) is 8.14. The molecule has 4 rings (SSSR count). The molecule has 0 unspecified atom stereocenters. The maximum Gasteiger partial charge on any atom is 0.337 e. The summed E-state index contributed by atoms with van der Waals surface area (Å²) in [6, 6.07) is 16.7. The Balaban J connectivity index is 1.59. The molecule has 1 heterocycles. The smallest absolute Gasteiger partial charge is 0.337 e. The minimum absolute atomic E-state index is 0.0407. The highest BCUT2D eigenvalue weighted by molar-refractivity contribution is 6.31. The van der Waals surface area contributed by atoms with E-state index in [0.717, 1.165) is 10.9 Å². The minimum Gasteiger partial charge on any atom is -0.465 e. The maximum atomic E-state index is 14.9. The average molecular weight is 549 g/mol. The number of rotatable bonds is 8. The lowest BCUT2D eigenvalue weighted by Gasteiger charge is -2.25. The van der Waals surface area contributed by atoms with Crippen molar-refractivity contribution in [1.29, 1.82) is 0 Å². The number of carbonyl (C=O) groups is 3. The fraction of sp³-hybridized carbons (Fsp3) is 0.111. The van der Waals surface area contributed by atoms with Crippen molar-refractivity contribution in [3.05, 3.63) is 107 Å². The predicted molar refractivity (Wildman–Crippen MR) is 142 cm³/mol. The number of ether oxygens (including phenoxy) is 1. The van der Waals surface area contributed by atoms with Gasteiger partial charge < -0.3 is 15.0 Å². The normalized spacial score (nSPS) is 11.7. The van der Waals surface area contributed by atoms with Crippen molar-refractivity contribution in [3.8, 4) is 5.69 Å². The van der Waals surface area contributed by atoms with Gasteiger partial charge in [-0.1, -0.05) is 41.9 Å². The number of halogens is 2. The molecule has 2 amide bonds. The summed E-state index contributed by atoms with van der Waals surface area (Å²) >= 11 is 5.95. The van der Waals surface area contributed by atoms with Gasteiger partial charge in [-0.25, -0.2) is 9.18 Å². The van der Waals surface area contributed by atoms with Crippen LogP contribution in [0, 0.1) is 5.82 Å². The first-order valence-corrected chi connectivity index (χ1v) is 11.9. The molecule has 0 aliphatic rings. The quantitative estimate of drug-likeness (QED) is 0.263. The number of carbonyl (C=O) groups excluding carboxylic acids is 3. The first kappa shape index (κ1) is 27.1. The fourth-order valence-corrected chi connectivity index (χ4v) is 3.87. The molecule has 0 fully saturated rings. The number of methoxy groups -OCH3 is 1. The van der Waals surface area contributed by atoms with Crippen molar-refractivity contribution in [2.75, 3.05) is 19.1 Å². The van der Waals surface area contributed by atoms with Gasteiger partial charge in [-0.15, -0.1) is 15.0 Å². The van der Waals surface area contributed by atoms with Crippen molar-refractivity contribution in [2.24, 2.45) is 0 Å².